The molecule has 0 aromatic carbocycles. The zero-order valence-corrected chi connectivity index (χ0v) is 7.70. The van der Waals surface area contributed by atoms with Crippen molar-refractivity contribution in [1.29, 1.82) is 0 Å². The molecule has 0 aromatic heterocycles. The van der Waals surface area contributed by atoms with Gasteiger partial charge in [0.05, 0.1) is 0 Å². The second-order valence-electron chi connectivity index (χ2n) is 0.283. The van der Waals surface area contributed by atoms with Crippen LogP contribution in [0.25, 0.3) is 0 Å². The smallest absolute Gasteiger partial charge is 0.511 e. The van der Waals surface area contributed by atoms with E-state index in [9.17, 15) is 0 Å². The third-order valence-corrected chi connectivity index (χ3v) is 0. The quantitative estimate of drug-likeness (QED) is 0.572. The van der Waals surface area contributed by atoms with Crippen LogP contribution in [0.1, 0.15) is 0 Å². The highest BCUT2D eigenvalue weighted by atomic mass is 35.5. The van der Waals surface area contributed by atoms with E-state index in [0.29, 0.717) is 0 Å². The van der Waals surface area contributed by atoms with Crippen LogP contribution < -0.4 is 0 Å². The molecule has 0 spiro atoms. The lowest BCUT2D eigenvalue weighted by Gasteiger charge is -1.55. The van der Waals surface area contributed by atoms with Gasteiger partial charge in [0.2, 0.25) is 0 Å². The maximum Gasteiger partial charge on any atom is 0.761 e. The molecule has 0 aliphatic rings. The highest BCUT2D eigenvalue weighted by Gasteiger charge is 1.85. The van der Waals surface area contributed by atoms with Crippen molar-refractivity contribution in [2.75, 3.05) is 0 Å². The van der Waals surface area contributed by atoms with Crippen LogP contribution in [0.5, 0.6) is 0 Å². The Kier molecular flexibility index (Phi) is 116. The minimum absolute atomic E-state index is 0. The Morgan fingerprint density at radius 1 is 0.875 bits per heavy atom. The van der Waals surface area contributed by atoms with Gasteiger partial charge < -0.3 is 9.59 Å². The van der Waals surface area contributed by atoms with Gasteiger partial charge in [-0.3, -0.25) is 4.46 Å². The standard InChI is InChI=1S/4ClH.H2O3Si/c;;;;1-4(2)3/h4*1H;1-2H. The molecule has 2 N–H and O–H groups in total. The summed E-state index contributed by atoms with van der Waals surface area (Å²) >= 11 is 0. The molecule has 8 heteroatoms. The first-order valence-electron chi connectivity index (χ1n) is 0.651. The molecule has 0 aliphatic heterocycles. The van der Waals surface area contributed by atoms with Crippen LogP contribution >= 0.6 is 49.6 Å². The number of rotatable bonds is 0. The lowest BCUT2D eigenvalue weighted by molar-refractivity contribution is 0.330. The van der Waals surface area contributed by atoms with Crippen molar-refractivity contribution in [3.05, 3.63) is 0 Å². The van der Waals surface area contributed by atoms with Crippen molar-refractivity contribution in [3.8, 4) is 0 Å². The largest absolute Gasteiger partial charge is 0.761 e. The molecule has 0 bridgehead atoms. The van der Waals surface area contributed by atoms with Gasteiger partial charge >= 0.3 is 9.17 Å². The third kappa shape index (κ3) is 375. The van der Waals surface area contributed by atoms with E-state index in [2.05, 4.69) is 0 Å². The maximum atomic E-state index is 8.74. The van der Waals surface area contributed by atoms with Crippen LogP contribution in [0.4, 0.5) is 0 Å². The van der Waals surface area contributed by atoms with Crippen LogP contribution in [-0.2, 0) is 4.46 Å². The minimum atomic E-state index is -3.13. The van der Waals surface area contributed by atoms with Crippen LogP contribution in [0.15, 0.2) is 0 Å². The number of halogens is 4. The first-order valence-corrected chi connectivity index (χ1v) is 1.95. The molecule has 3 nitrogen and oxygen atoms in total. The van der Waals surface area contributed by atoms with Crippen LogP contribution in [0.2, 0.25) is 0 Å². The van der Waals surface area contributed by atoms with Crippen molar-refractivity contribution in [1.82, 2.24) is 0 Å². The summed E-state index contributed by atoms with van der Waals surface area (Å²) in [6, 6.07) is 0. The average molecular weight is 224 g/mol. The van der Waals surface area contributed by atoms with Crippen molar-refractivity contribution >= 4 is 58.8 Å². The fraction of sp³-hybridized carbons (Fsp3) is 0. The summed E-state index contributed by atoms with van der Waals surface area (Å²) in [6.07, 6.45) is 0. The number of hydrogen-bond acceptors (Lipinski definition) is 1. The summed E-state index contributed by atoms with van der Waals surface area (Å²) in [5, 5.41) is 0. The first kappa shape index (κ1) is 37.2. The Balaban J connectivity index is -0.00000000750. The molecule has 0 aliphatic carbocycles. The van der Waals surface area contributed by atoms with Gasteiger partial charge in [0.15, 0.2) is 0 Å². The van der Waals surface area contributed by atoms with Gasteiger partial charge in [0.25, 0.3) is 0 Å². The molecule has 0 saturated heterocycles. The van der Waals surface area contributed by atoms with Gasteiger partial charge in [0, 0.05) is 0 Å². The van der Waals surface area contributed by atoms with Crippen molar-refractivity contribution in [2.45, 2.75) is 0 Å². The zero-order valence-electron chi connectivity index (χ0n) is 3.44. The molecule has 0 heterocycles. The molecule has 0 atom stereocenters. The van der Waals surface area contributed by atoms with E-state index < -0.39 is 9.17 Å². The van der Waals surface area contributed by atoms with E-state index in [1.165, 1.54) is 0 Å². The topological polar surface area (TPSA) is 57.5 Å². The van der Waals surface area contributed by atoms with Crippen molar-refractivity contribution < 1.29 is 14.1 Å². The summed E-state index contributed by atoms with van der Waals surface area (Å²) < 4.78 is 8.74. The van der Waals surface area contributed by atoms with Crippen LogP contribution in [0.3, 0.4) is 0 Å². The zero-order chi connectivity index (χ0) is 3.58. The lowest BCUT2D eigenvalue weighted by atomic mass is 15.8. The first-order chi connectivity index (χ1) is 1.73. The van der Waals surface area contributed by atoms with Gasteiger partial charge in [-0.1, -0.05) is 0 Å². The minimum Gasteiger partial charge on any atom is -0.511 e. The van der Waals surface area contributed by atoms with Gasteiger partial charge in [-0.2, -0.15) is 0 Å². The number of hydrogen-bond donors (Lipinski definition) is 2. The Morgan fingerprint density at radius 3 is 0.875 bits per heavy atom. The molecule has 0 saturated carbocycles. The van der Waals surface area contributed by atoms with E-state index in [0.717, 1.165) is 0 Å². The summed E-state index contributed by atoms with van der Waals surface area (Å²) in [5.41, 5.74) is 0. The van der Waals surface area contributed by atoms with E-state index in [-0.39, 0.29) is 49.6 Å². The van der Waals surface area contributed by atoms with Gasteiger partial charge in [0.1, 0.15) is 0 Å². The predicted octanol–water partition coefficient (Wildman–Crippen LogP) is 0.0736. The molecule has 0 amide bonds. The Morgan fingerprint density at radius 2 is 0.875 bits per heavy atom. The molecule has 0 radical (unpaired) electrons. The predicted molar refractivity (Wildman–Crippen MR) is 39.9 cm³/mol. The lowest BCUT2D eigenvalue weighted by Crippen LogP contribution is -1.90. The van der Waals surface area contributed by atoms with E-state index in [1.807, 2.05) is 0 Å². The Hall–Kier alpha value is 0.777. The van der Waals surface area contributed by atoms with Crippen LogP contribution in [-0.4, -0.2) is 18.8 Å². The Labute approximate surface area is 73.0 Å². The average Bonchev–Trinajstić information content (AvgIpc) is 0.811. The molecule has 0 fully saturated rings. The highest BCUT2D eigenvalue weighted by molar-refractivity contribution is 6.22. The van der Waals surface area contributed by atoms with Crippen molar-refractivity contribution in [3.63, 3.8) is 0 Å². The normalized spacial score (nSPS) is 3.00. The fourth-order valence-electron chi connectivity index (χ4n) is 0. The maximum absolute atomic E-state index is 8.74. The van der Waals surface area contributed by atoms with Gasteiger partial charge in [-0.15, -0.1) is 49.6 Å². The molecule has 0 rings (SSSR count). The molecular formula is H6Cl4O3Si. The van der Waals surface area contributed by atoms with Gasteiger partial charge in [-0.25, -0.2) is 0 Å². The summed E-state index contributed by atoms with van der Waals surface area (Å²) in [5.74, 6) is 0. The monoisotopic (exact) mass is 222 g/mol. The molecule has 8 heavy (non-hydrogen) atoms. The molecule has 56 valence electrons. The fourth-order valence-corrected chi connectivity index (χ4v) is 0. The molecular weight excluding hydrogens is 218 g/mol. The molecule has 0 aromatic rings. The second-order valence-corrected chi connectivity index (χ2v) is 0.848. The summed E-state index contributed by atoms with van der Waals surface area (Å²) in [4.78, 5) is 14.3. The van der Waals surface area contributed by atoms with Crippen molar-refractivity contribution in [2.24, 2.45) is 0 Å². The highest BCUT2D eigenvalue weighted by Crippen LogP contribution is 1.27. The summed E-state index contributed by atoms with van der Waals surface area (Å²) in [7, 11) is -3.13. The van der Waals surface area contributed by atoms with E-state index in [4.69, 9.17) is 14.1 Å². The van der Waals surface area contributed by atoms with E-state index in [1.54, 1.807) is 0 Å². The van der Waals surface area contributed by atoms with E-state index >= 15 is 0 Å². The van der Waals surface area contributed by atoms with Crippen LogP contribution in [0, 0.1) is 0 Å². The summed E-state index contributed by atoms with van der Waals surface area (Å²) in [6.45, 7) is 0. The molecule has 0 unspecified atom stereocenters. The third-order valence-electron chi connectivity index (χ3n) is 0. The van der Waals surface area contributed by atoms with Gasteiger partial charge in [-0.05, 0) is 0 Å². The second kappa shape index (κ2) is 25.0. The Bertz CT molecular complexity index is 34.3. The SMILES string of the molecule is Cl.Cl.Cl.Cl.O=[Si](O)O.